The molecule has 1 aromatic rings. The average Bonchev–Trinajstić information content (AvgIpc) is 2.35. The number of hydrogen-bond acceptors (Lipinski definition) is 5. The first-order valence-corrected chi connectivity index (χ1v) is 7.55. The van der Waals surface area contributed by atoms with E-state index < -0.39 is 10.0 Å². The number of anilines is 1. The van der Waals surface area contributed by atoms with Gasteiger partial charge in [0.1, 0.15) is 10.7 Å². The number of rotatable bonds is 7. The van der Waals surface area contributed by atoms with Crippen LogP contribution in [0, 0.1) is 0 Å². The Bertz CT molecular complexity index is 483. The van der Waals surface area contributed by atoms with Gasteiger partial charge in [-0.05, 0) is 39.2 Å². The van der Waals surface area contributed by atoms with Crippen molar-refractivity contribution >= 4 is 15.8 Å². The Kier molecular flexibility index (Phi) is 5.71. The predicted molar refractivity (Wildman–Crippen MR) is 76.8 cm³/mol. The second-order valence-electron chi connectivity index (χ2n) is 4.75. The standard InChI is InChI=1S/C12H22N4O2S/c1-15(2)9-5-8-13-12-7-6-11(10-14-12)19(17,18)16(3)4/h6-7,10H,5,8-9H2,1-4H3,(H,13,14). The summed E-state index contributed by atoms with van der Waals surface area (Å²) in [5.74, 6) is 0.691. The fourth-order valence-corrected chi connectivity index (χ4v) is 2.31. The third-order valence-corrected chi connectivity index (χ3v) is 4.40. The number of hydrogen-bond donors (Lipinski definition) is 1. The normalized spacial score (nSPS) is 12.1. The molecule has 0 unspecified atom stereocenters. The molecule has 108 valence electrons. The highest BCUT2D eigenvalue weighted by Crippen LogP contribution is 2.13. The van der Waals surface area contributed by atoms with E-state index in [4.69, 9.17) is 0 Å². The number of pyridine rings is 1. The van der Waals surface area contributed by atoms with Gasteiger partial charge in [-0.3, -0.25) is 0 Å². The predicted octanol–water partition coefficient (Wildman–Crippen LogP) is 0.695. The zero-order valence-corrected chi connectivity index (χ0v) is 12.7. The summed E-state index contributed by atoms with van der Waals surface area (Å²) in [5.41, 5.74) is 0. The highest BCUT2D eigenvalue weighted by atomic mass is 32.2. The summed E-state index contributed by atoms with van der Waals surface area (Å²) in [6.07, 6.45) is 2.38. The molecular formula is C12H22N4O2S. The highest BCUT2D eigenvalue weighted by molar-refractivity contribution is 7.89. The lowest BCUT2D eigenvalue weighted by atomic mass is 10.4. The van der Waals surface area contributed by atoms with Gasteiger partial charge in [0, 0.05) is 26.8 Å². The van der Waals surface area contributed by atoms with E-state index in [1.165, 1.54) is 24.6 Å². The second kappa shape index (κ2) is 6.83. The summed E-state index contributed by atoms with van der Waals surface area (Å²) in [6, 6.07) is 3.25. The first-order valence-electron chi connectivity index (χ1n) is 6.11. The van der Waals surface area contributed by atoms with Crippen LogP contribution < -0.4 is 5.32 Å². The maximum Gasteiger partial charge on any atom is 0.244 e. The molecule has 19 heavy (non-hydrogen) atoms. The maximum absolute atomic E-state index is 11.8. The molecule has 0 radical (unpaired) electrons. The van der Waals surface area contributed by atoms with Gasteiger partial charge in [0.15, 0.2) is 0 Å². The molecule has 0 aliphatic rings. The van der Waals surface area contributed by atoms with Gasteiger partial charge in [0.05, 0.1) is 0 Å². The third kappa shape index (κ3) is 4.77. The van der Waals surface area contributed by atoms with Crippen LogP contribution in [0.1, 0.15) is 6.42 Å². The van der Waals surface area contributed by atoms with Crippen molar-refractivity contribution in [2.75, 3.05) is 46.6 Å². The van der Waals surface area contributed by atoms with Gasteiger partial charge in [-0.25, -0.2) is 17.7 Å². The van der Waals surface area contributed by atoms with Crippen molar-refractivity contribution in [2.45, 2.75) is 11.3 Å². The van der Waals surface area contributed by atoms with Crippen molar-refractivity contribution < 1.29 is 8.42 Å². The maximum atomic E-state index is 11.8. The van der Waals surface area contributed by atoms with E-state index in [1.54, 1.807) is 12.1 Å². The van der Waals surface area contributed by atoms with Crippen molar-refractivity contribution in [1.82, 2.24) is 14.2 Å². The first-order chi connectivity index (χ1) is 8.84. The van der Waals surface area contributed by atoms with Gasteiger partial charge < -0.3 is 10.2 Å². The highest BCUT2D eigenvalue weighted by Gasteiger charge is 2.17. The monoisotopic (exact) mass is 286 g/mol. The van der Waals surface area contributed by atoms with Crippen LogP contribution in [0.2, 0.25) is 0 Å². The zero-order chi connectivity index (χ0) is 14.5. The largest absolute Gasteiger partial charge is 0.370 e. The van der Waals surface area contributed by atoms with Crippen molar-refractivity contribution in [3.8, 4) is 0 Å². The summed E-state index contributed by atoms with van der Waals surface area (Å²) >= 11 is 0. The van der Waals surface area contributed by atoms with Crippen LogP contribution >= 0.6 is 0 Å². The lowest BCUT2D eigenvalue weighted by Crippen LogP contribution is -2.22. The molecule has 1 N–H and O–H groups in total. The molecule has 1 heterocycles. The Morgan fingerprint density at radius 1 is 1.21 bits per heavy atom. The lowest BCUT2D eigenvalue weighted by molar-refractivity contribution is 0.405. The molecule has 7 heteroatoms. The molecule has 1 rings (SSSR count). The third-order valence-electron chi connectivity index (χ3n) is 2.60. The van der Waals surface area contributed by atoms with E-state index in [0.717, 1.165) is 19.5 Å². The first kappa shape index (κ1) is 15.9. The molecule has 1 aromatic heterocycles. The van der Waals surface area contributed by atoms with Gasteiger partial charge in [-0.15, -0.1) is 0 Å². The summed E-state index contributed by atoms with van der Waals surface area (Å²) in [7, 11) is 3.67. The van der Waals surface area contributed by atoms with Crippen molar-refractivity contribution in [2.24, 2.45) is 0 Å². The van der Waals surface area contributed by atoms with Crippen LogP contribution in [0.5, 0.6) is 0 Å². The van der Waals surface area contributed by atoms with E-state index in [0.29, 0.717) is 5.82 Å². The summed E-state index contributed by atoms with van der Waals surface area (Å²) in [6.45, 7) is 1.81. The Hall–Kier alpha value is -1.18. The van der Waals surface area contributed by atoms with Gasteiger partial charge in [0.2, 0.25) is 10.0 Å². The molecule has 0 saturated carbocycles. The molecule has 0 bridgehead atoms. The molecule has 0 spiro atoms. The summed E-state index contributed by atoms with van der Waals surface area (Å²) < 4.78 is 24.9. The lowest BCUT2D eigenvalue weighted by Gasteiger charge is -2.12. The van der Waals surface area contributed by atoms with E-state index >= 15 is 0 Å². The Balaban J connectivity index is 2.58. The SMILES string of the molecule is CN(C)CCCNc1ccc(S(=O)(=O)N(C)C)cn1. The second-order valence-corrected chi connectivity index (χ2v) is 6.90. The van der Waals surface area contributed by atoms with Crippen LogP contribution in [0.25, 0.3) is 0 Å². The minimum absolute atomic E-state index is 0.205. The Morgan fingerprint density at radius 3 is 2.37 bits per heavy atom. The van der Waals surface area contributed by atoms with E-state index in [2.05, 4.69) is 15.2 Å². The molecule has 0 aliphatic heterocycles. The van der Waals surface area contributed by atoms with Gasteiger partial charge in [-0.1, -0.05) is 0 Å². The van der Waals surface area contributed by atoms with E-state index in [1.807, 2.05) is 14.1 Å². The summed E-state index contributed by atoms with van der Waals surface area (Å²) in [4.78, 5) is 6.43. The molecule has 0 aliphatic carbocycles. The fraction of sp³-hybridized carbons (Fsp3) is 0.583. The van der Waals surface area contributed by atoms with Crippen molar-refractivity contribution in [3.63, 3.8) is 0 Å². The molecule has 0 atom stereocenters. The van der Waals surface area contributed by atoms with Crippen LogP contribution in [-0.2, 0) is 10.0 Å². The zero-order valence-electron chi connectivity index (χ0n) is 11.9. The topological polar surface area (TPSA) is 65.5 Å². The smallest absolute Gasteiger partial charge is 0.244 e. The number of nitrogens with zero attached hydrogens (tertiary/aromatic N) is 3. The van der Waals surface area contributed by atoms with Gasteiger partial charge in [0.25, 0.3) is 0 Å². The van der Waals surface area contributed by atoms with E-state index in [-0.39, 0.29) is 4.90 Å². The minimum atomic E-state index is -3.39. The Morgan fingerprint density at radius 2 is 1.89 bits per heavy atom. The Labute approximate surface area is 115 Å². The number of aromatic nitrogens is 1. The van der Waals surface area contributed by atoms with Crippen LogP contribution in [0.15, 0.2) is 23.2 Å². The summed E-state index contributed by atoms with van der Waals surface area (Å²) in [5, 5.41) is 3.16. The van der Waals surface area contributed by atoms with Gasteiger partial charge in [-0.2, -0.15) is 0 Å². The van der Waals surface area contributed by atoms with Crippen LogP contribution in [0.3, 0.4) is 0 Å². The fourth-order valence-electron chi connectivity index (χ4n) is 1.46. The van der Waals surface area contributed by atoms with E-state index in [9.17, 15) is 8.42 Å². The molecule has 0 fully saturated rings. The molecule has 6 nitrogen and oxygen atoms in total. The molecule has 0 amide bonds. The van der Waals surface area contributed by atoms with Crippen LogP contribution in [0.4, 0.5) is 5.82 Å². The number of sulfonamides is 1. The van der Waals surface area contributed by atoms with Crippen molar-refractivity contribution in [1.29, 1.82) is 0 Å². The molecular weight excluding hydrogens is 264 g/mol. The average molecular weight is 286 g/mol. The minimum Gasteiger partial charge on any atom is -0.370 e. The number of nitrogens with one attached hydrogen (secondary N) is 1. The quantitative estimate of drug-likeness (QED) is 0.747. The van der Waals surface area contributed by atoms with Crippen molar-refractivity contribution in [3.05, 3.63) is 18.3 Å². The van der Waals surface area contributed by atoms with Gasteiger partial charge >= 0.3 is 0 Å². The molecule has 0 aromatic carbocycles. The molecule has 0 saturated heterocycles. The van der Waals surface area contributed by atoms with Crippen LogP contribution in [-0.4, -0.2) is 63.9 Å².